The molecule has 0 radical (unpaired) electrons. The largest absolute Gasteiger partial charge is 0.497 e. The summed E-state index contributed by atoms with van der Waals surface area (Å²) in [5, 5.41) is 2.47. The van der Waals surface area contributed by atoms with E-state index in [-0.39, 0.29) is 5.78 Å². The molecule has 2 N–H and O–H groups in total. The zero-order valence-corrected chi connectivity index (χ0v) is 12.9. The lowest BCUT2D eigenvalue weighted by Gasteiger charge is -2.06. The standard InChI is InChI=1S/C18H15NO2S/c1-21-14-9-7-13(8-10-14)17(20)16-15(11-22-18(16)19)12-5-3-2-4-6-12/h2-11H,19H2,1H3. The number of hydrogen-bond acceptors (Lipinski definition) is 4. The monoisotopic (exact) mass is 309 g/mol. The van der Waals surface area contributed by atoms with Crippen molar-refractivity contribution in [1.29, 1.82) is 0 Å². The minimum atomic E-state index is -0.0692. The van der Waals surface area contributed by atoms with Gasteiger partial charge in [0.15, 0.2) is 5.78 Å². The van der Waals surface area contributed by atoms with E-state index in [9.17, 15) is 4.79 Å². The third kappa shape index (κ3) is 2.61. The molecule has 22 heavy (non-hydrogen) atoms. The Morgan fingerprint density at radius 2 is 1.73 bits per heavy atom. The zero-order chi connectivity index (χ0) is 15.5. The van der Waals surface area contributed by atoms with Gasteiger partial charge in [0.25, 0.3) is 0 Å². The molecule has 0 unspecified atom stereocenters. The van der Waals surface area contributed by atoms with Crippen molar-refractivity contribution >= 4 is 22.1 Å². The Morgan fingerprint density at radius 3 is 2.36 bits per heavy atom. The third-order valence-corrected chi connectivity index (χ3v) is 4.30. The first-order valence-corrected chi connectivity index (χ1v) is 7.70. The number of nitrogens with two attached hydrogens (primary N) is 1. The minimum Gasteiger partial charge on any atom is -0.497 e. The summed E-state index contributed by atoms with van der Waals surface area (Å²) in [6.07, 6.45) is 0. The number of thiophene rings is 1. The molecule has 0 saturated carbocycles. The van der Waals surface area contributed by atoms with Gasteiger partial charge >= 0.3 is 0 Å². The molecule has 3 rings (SSSR count). The van der Waals surface area contributed by atoms with Gasteiger partial charge in [0.1, 0.15) is 5.75 Å². The molecule has 1 heterocycles. The summed E-state index contributed by atoms with van der Waals surface area (Å²) in [5.41, 5.74) is 9.09. The molecule has 0 aliphatic heterocycles. The third-order valence-electron chi connectivity index (χ3n) is 3.48. The maximum absolute atomic E-state index is 12.8. The first kappa shape index (κ1) is 14.4. The van der Waals surface area contributed by atoms with E-state index >= 15 is 0 Å². The summed E-state index contributed by atoms with van der Waals surface area (Å²) in [6.45, 7) is 0. The van der Waals surface area contributed by atoms with Gasteiger partial charge in [-0.05, 0) is 29.8 Å². The van der Waals surface area contributed by atoms with Gasteiger partial charge in [-0.25, -0.2) is 0 Å². The summed E-state index contributed by atoms with van der Waals surface area (Å²) < 4.78 is 5.12. The molecule has 0 spiro atoms. The number of nitrogen functional groups attached to an aromatic ring is 1. The van der Waals surface area contributed by atoms with E-state index in [0.29, 0.717) is 16.1 Å². The van der Waals surface area contributed by atoms with Crippen LogP contribution in [0.1, 0.15) is 15.9 Å². The molecule has 0 atom stereocenters. The topological polar surface area (TPSA) is 52.3 Å². The lowest BCUT2D eigenvalue weighted by molar-refractivity contribution is 0.104. The Morgan fingerprint density at radius 1 is 1.05 bits per heavy atom. The van der Waals surface area contributed by atoms with Crippen LogP contribution >= 0.6 is 11.3 Å². The number of rotatable bonds is 4. The molecule has 4 heteroatoms. The molecule has 1 aromatic heterocycles. The SMILES string of the molecule is COc1ccc(C(=O)c2c(-c3ccccc3)csc2N)cc1. The van der Waals surface area contributed by atoms with Gasteiger partial charge in [-0.1, -0.05) is 30.3 Å². The van der Waals surface area contributed by atoms with Crippen LogP contribution in [0.3, 0.4) is 0 Å². The first-order valence-electron chi connectivity index (χ1n) is 6.82. The molecule has 0 aliphatic carbocycles. The maximum atomic E-state index is 12.8. The van der Waals surface area contributed by atoms with E-state index in [0.717, 1.165) is 16.9 Å². The highest BCUT2D eigenvalue weighted by Crippen LogP contribution is 2.35. The molecule has 2 aromatic carbocycles. The predicted molar refractivity (Wildman–Crippen MR) is 90.6 cm³/mol. The van der Waals surface area contributed by atoms with Gasteiger partial charge in [-0.15, -0.1) is 11.3 Å². The van der Waals surface area contributed by atoms with Crippen molar-refractivity contribution < 1.29 is 9.53 Å². The average Bonchev–Trinajstić information content (AvgIpc) is 2.96. The van der Waals surface area contributed by atoms with Crippen LogP contribution in [0.15, 0.2) is 60.0 Å². The quantitative estimate of drug-likeness (QED) is 0.733. The molecular formula is C18H15NO2S. The van der Waals surface area contributed by atoms with Gasteiger partial charge < -0.3 is 10.5 Å². The summed E-state index contributed by atoms with van der Waals surface area (Å²) in [4.78, 5) is 12.8. The van der Waals surface area contributed by atoms with Crippen LogP contribution in [0.4, 0.5) is 5.00 Å². The number of benzene rings is 2. The van der Waals surface area contributed by atoms with Gasteiger partial charge in [0, 0.05) is 16.5 Å². The highest BCUT2D eigenvalue weighted by atomic mass is 32.1. The average molecular weight is 309 g/mol. The Bertz CT molecular complexity index is 792. The predicted octanol–water partition coefficient (Wildman–Crippen LogP) is 4.24. The Kier molecular flexibility index (Phi) is 3.94. The van der Waals surface area contributed by atoms with Crippen molar-refractivity contribution in [3.05, 3.63) is 71.1 Å². The molecule has 3 nitrogen and oxygen atoms in total. The summed E-state index contributed by atoms with van der Waals surface area (Å²) in [5.74, 6) is 0.651. The highest BCUT2D eigenvalue weighted by molar-refractivity contribution is 7.15. The van der Waals surface area contributed by atoms with E-state index < -0.39 is 0 Å². The zero-order valence-electron chi connectivity index (χ0n) is 12.1. The van der Waals surface area contributed by atoms with Crippen molar-refractivity contribution in [3.63, 3.8) is 0 Å². The summed E-state index contributed by atoms with van der Waals surface area (Å²) in [6, 6.07) is 16.9. The van der Waals surface area contributed by atoms with Crippen molar-refractivity contribution in [3.8, 4) is 16.9 Å². The maximum Gasteiger partial charge on any atom is 0.196 e. The minimum absolute atomic E-state index is 0.0692. The summed E-state index contributed by atoms with van der Waals surface area (Å²) in [7, 11) is 1.60. The molecule has 0 saturated heterocycles. The second kappa shape index (κ2) is 6.03. The van der Waals surface area contributed by atoms with Crippen molar-refractivity contribution in [2.45, 2.75) is 0 Å². The van der Waals surface area contributed by atoms with Crippen LogP contribution in [0.25, 0.3) is 11.1 Å². The van der Waals surface area contributed by atoms with Gasteiger partial charge in [0.05, 0.1) is 17.7 Å². The number of carbonyl (C=O) groups excluding carboxylic acids is 1. The fourth-order valence-electron chi connectivity index (χ4n) is 2.32. The number of ether oxygens (including phenoxy) is 1. The molecule has 0 bridgehead atoms. The Hall–Kier alpha value is -2.59. The lowest BCUT2D eigenvalue weighted by atomic mass is 9.97. The van der Waals surface area contributed by atoms with Crippen LogP contribution in [0.2, 0.25) is 0 Å². The van der Waals surface area contributed by atoms with Gasteiger partial charge in [-0.2, -0.15) is 0 Å². The normalized spacial score (nSPS) is 10.4. The number of hydrogen-bond donors (Lipinski definition) is 1. The van der Waals surface area contributed by atoms with Gasteiger partial charge in [0.2, 0.25) is 0 Å². The fourth-order valence-corrected chi connectivity index (χ4v) is 3.14. The van der Waals surface area contributed by atoms with Crippen LogP contribution in [0.5, 0.6) is 5.75 Å². The van der Waals surface area contributed by atoms with Crippen LogP contribution in [-0.2, 0) is 0 Å². The van der Waals surface area contributed by atoms with Crippen molar-refractivity contribution in [2.75, 3.05) is 12.8 Å². The second-order valence-corrected chi connectivity index (χ2v) is 5.72. The number of ketones is 1. The Labute approximate surface area is 133 Å². The van der Waals surface area contributed by atoms with E-state index in [2.05, 4.69) is 0 Å². The second-order valence-electron chi connectivity index (χ2n) is 4.81. The van der Waals surface area contributed by atoms with Crippen LogP contribution in [0, 0.1) is 0 Å². The van der Waals surface area contributed by atoms with E-state index in [4.69, 9.17) is 10.5 Å². The molecule has 3 aromatic rings. The van der Waals surface area contributed by atoms with Crippen molar-refractivity contribution in [1.82, 2.24) is 0 Å². The highest BCUT2D eigenvalue weighted by Gasteiger charge is 2.20. The van der Waals surface area contributed by atoms with Crippen LogP contribution in [-0.4, -0.2) is 12.9 Å². The molecule has 0 aliphatic rings. The van der Waals surface area contributed by atoms with E-state index in [1.807, 2.05) is 35.7 Å². The first-order chi connectivity index (χ1) is 10.7. The smallest absolute Gasteiger partial charge is 0.196 e. The van der Waals surface area contributed by atoms with E-state index in [1.54, 1.807) is 31.4 Å². The molecule has 0 fully saturated rings. The van der Waals surface area contributed by atoms with Crippen LogP contribution < -0.4 is 10.5 Å². The van der Waals surface area contributed by atoms with Gasteiger partial charge in [-0.3, -0.25) is 4.79 Å². The Balaban J connectivity index is 2.04. The fraction of sp³-hybridized carbons (Fsp3) is 0.0556. The molecule has 0 amide bonds. The number of methoxy groups -OCH3 is 1. The molecular weight excluding hydrogens is 294 g/mol. The van der Waals surface area contributed by atoms with Crippen molar-refractivity contribution in [2.24, 2.45) is 0 Å². The summed E-state index contributed by atoms with van der Waals surface area (Å²) >= 11 is 1.39. The lowest BCUT2D eigenvalue weighted by Crippen LogP contribution is -2.04. The number of carbonyl (C=O) groups is 1. The van der Waals surface area contributed by atoms with E-state index in [1.165, 1.54) is 11.3 Å². The number of anilines is 1. The molecule has 110 valence electrons.